The van der Waals surface area contributed by atoms with E-state index in [-0.39, 0.29) is 5.75 Å². The van der Waals surface area contributed by atoms with E-state index in [0.29, 0.717) is 27.8 Å². The molecule has 1 heterocycles. The fourth-order valence-electron chi connectivity index (χ4n) is 2.97. The standard InChI is InChI=1S/C21H13F3N2O3.C2H6/c22-21(23,24)13-6-8-14(9-7-13)29-18-4-2-1-3-15(18)12-5-10-16-17(11-12)25-20(28)26-19(16)27;1-2/h1-11H,(H2,25,26,27,28);1-2H3. The van der Waals surface area contributed by atoms with Gasteiger partial charge in [0.15, 0.2) is 0 Å². The molecule has 0 aliphatic heterocycles. The van der Waals surface area contributed by atoms with Crippen LogP contribution >= 0.6 is 0 Å². The van der Waals surface area contributed by atoms with Crippen LogP contribution in [0.3, 0.4) is 0 Å². The van der Waals surface area contributed by atoms with E-state index in [1.807, 2.05) is 13.8 Å². The Morgan fingerprint density at radius 3 is 2.19 bits per heavy atom. The average molecular weight is 428 g/mol. The SMILES string of the molecule is CC.O=c1[nH]c(=O)c2ccc(-c3ccccc3Oc3ccc(C(F)(F)F)cc3)cc2[nH]1. The molecule has 2 N–H and O–H groups in total. The maximum Gasteiger partial charge on any atom is 0.416 e. The summed E-state index contributed by atoms with van der Waals surface area (Å²) in [7, 11) is 0. The van der Waals surface area contributed by atoms with Crippen molar-refractivity contribution in [2.45, 2.75) is 20.0 Å². The first-order valence-corrected chi connectivity index (χ1v) is 9.52. The van der Waals surface area contributed by atoms with Crippen LogP contribution in [0, 0.1) is 0 Å². The fourth-order valence-corrected chi connectivity index (χ4v) is 2.97. The molecule has 31 heavy (non-hydrogen) atoms. The Kier molecular flexibility index (Phi) is 6.29. The molecular weight excluding hydrogens is 409 g/mol. The van der Waals surface area contributed by atoms with Crippen LogP contribution < -0.4 is 16.0 Å². The lowest BCUT2D eigenvalue weighted by molar-refractivity contribution is -0.137. The van der Waals surface area contributed by atoms with Crippen LogP contribution in [0.15, 0.2) is 76.3 Å². The lowest BCUT2D eigenvalue weighted by Crippen LogP contribution is -2.21. The average Bonchev–Trinajstić information content (AvgIpc) is 2.75. The predicted octanol–water partition coefficient (Wildman–Crippen LogP) is 5.72. The largest absolute Gasteiger partial charge is 0.457 e. The van der Waals surface area contributed by atoms with E-state index in [4.69, 9.17) is 4.74 Å². The zero-order chi connectivity index (χ0) is 22.6. The van der Waals surface area contributed by atoms with Gasteiger partial charge in [0, 0.05) is 5.56 Å². The van der Waals surface area contributed by atoms with Gasteiger partial charge in [-0.05, 0) is 48.0 Å². The molecule has 5 nitrogen and oxygen atoms in total. The van der Waals surface area contributed by atoms with Gasteiger partial charge in [-0.1, -0.05) is 38.1 Å². The molecule has 0 aliphatic carbocycles. The normalized spacial score (nSPS) is 11.0. The highest BCUT2D eigenvalue weighted by Crippen LogP contribution is 2.35. The molecule has 0 amide bonds. The number of ether oxygens (including phenoxy) is 1. The highest BCUT2D eigenvalue weighted by molar-refractivity contribution is 5.84. The van der Waals surface area contributed by atoms with E-state index >= 15 is 0 Å². The van der Waals surface area contributed by atoms with Crippen LogP contribution in [0.25, 0.3) is 22.0 Å². The predicted molar refractivity (Wildman–Crippen MR) is 113 cm³/mol. The van der Waals surface area contributed by atoms with Gasteiger partial charge in [0.2, 0.25) is 0 Å². The second-order valence-corrected chi connectivity index (χ2v) is 6.29. The van der Waals surface area contributed by atoms with Gasteiger partial charge in [-0.15, -0.1) is 0 Å². The second-order valence-electron chi connectivity index (χ2n) is 6.29. The minimum absolute atomic E-state index is 0.246. The fraction of sp³-hybridized carbons (Fsp3) is 0.130. The summed E-state index contributed by atoms with van der Waals surface area (Å²) in [4.78, 5) is 28.1. The van der Waals surface area contributed by atoms with Crippen LogP contribution in [0.4, 0.5) is 13.2 Å². The number of aromatic amines is 2. The number of aromatic nitrogens is 2. The maximum absolute atomic E-state index is 12.7. The zero-order valence-corrected chi connectivity index (χ0v) is 16.7. The lowest BCUT2D eigenvalue weighted by Gasteiger charge is -2.13. The molecule has 0 spiro atoms. The van der Waals surface area contributed by atoms with Crippen LogP contribution in [-0.4, -0.2) is 9.97 Å². The third-order valence-corrected chi connectivity index (χ3v) is 4.35. The van der Waals surface area contributed by atoms with Crippen molar-refractivity contribution in [3.63, 3.8) is 0 Å². The van der Waals surface area contributed by atoms with Gasteiger partial charge >= 0.3 is 11.9 Å². The summed E-state index contributed by atoms with van der Waals surface area (Å²) in [6.45, 7) is 4.00. The molecule has 0 bridgehead atoms. The van der Waals surface area contributed by atoms with E-state index in [1.54, 1.807) is 42.5 Å². The Balaban J connectivity index is 0.00000132. The van der Waals surface area contributed by atoms with Gasteiger partial charge in [0.1, 0.15) is 11.5 Å². The number of benzene rings is 3. The molecule has 8 heteroatoms. The third-order valence-electron chi connectivity index (χ3n) is 4.35. The van der Waals surface area contributed by atoms with Gasteiger partial charge in [-0.25, -0.2) is 4.79 Å². The summed E-state index contributed by atoms with van der Waals surface area (Å²) < 4.78 is 44.0. The van der Waals surface area contributed by atoms with Gasteiger partial charge in [-0.3, -0.25) is 9.78 Å². The highest BCUT2D eigenvalue weighted by atomic mass is 19.4. The summed E-state index contributed by atoms with van der Waals surface area (Å²) in [5, 5.41) is 0.328. The van der Waals surface area contributed by atoms with E-state index in [0.717, 1.165) is 12.1 Å². The van der Waals surface area contributed by atoms with Crippen molar-refractivity contribution in [3.05, 3.63) is 93.1 Å². The summed E-state index contributed by atoms with van der Waals surface area (Å²) in [6, 6.07) is 16.3. The number of H-pyrrole nitrogens is 2. The van der Waals surface area contributed by atoms with Crippen molar-refractivity contribution in [1.29, 1.82) is 0 Å². The Morgan fingerprint density at radius 2 is 1.52 bits per heavy atom. The molecule has 160 valence electrons. The minimum atomic E-state index is -4.42. The lowest BCUT2D eigenvalue weighted by atomic mass is 10.0. The summed E-state index contributed by atoms with van der Waals surface area (Å²) in [6.07, 6.45) is -4.42. The van der Waals surface area contributed by atoms with Gasteiger partial charge in [0.25, 0.3) is 5.56 Å². The molecule has 0 aliphatic rings. The van der Waals surface area contributed by atoms with Crippen LogP contribution in [-0.2, 0) is 6.18 Å². The number of para-hydroxylation sites is 1. The van der Waals surface area contributed by atoms with E-state index in [1.165, 1.54) is 12.1 Å². The molecule has 0 saturated heterocycles. The molecule has 0 fully saturated rings. The number of fused-ring (bicyclic) bond motifs is 1. The van der Waals surface area contributed by atoms with Gasteiger partial charge in [0.05, 0.1) is 16.5 Å². The van der Waals surface area contributed by atoms with Gasteiger partial charge in [-0.2, -0.15) is 13.2 Å². The van der Waals surface area contributed by atoms with Crippen molar-refractivity contribution >= 4 is 10.9 Å². The molecule has 4 aromatic rings. The smallest absolute Gasteiger partial charge is 0.416 e. The maximum atomic E-state index is 12.7. The van der Waals surface area contributed by atoms with E-state index in [9.17, 15) is 22.8 Å². The number of rotatable bonds is 3. The van der Waals surface area contributed by atoms with E-state index in [2.05, 4.69) is 9.97 Å². The Hall–Kier alpha value is -3.81. The van der Waals surface area contributed by atoms with Crippen LogP contribution in [0.5, 0.6) is 11.5 Å². The molecule has 0 radical (unpaired) electrons. The second kappa shape index (κ2) is 8.91. The van der Waals surface area contributed by atoms with Crippen molar-refractivity contribution in [3.8, 4) is 22.6 Å². The number of halogens is 3. The van der Waals surface area contributed by atoms with Gasteiger partial charge < -0.3 is 9.72 Å². The zero-order valence-electron chi connectivity index (χ0n) is 16.7. The monoisotopic (exact) mass is 428 g/mol. The van der Waals surface area contributed by atoms with Crippen LogP contribution in [0.1, 0.15) is 19.4 Å². The molecule has 0 unspecified atom stereocenters. The molecule has 4 rings (SSSR count). The Labute approximate surface area is 175 Å². The number of hydrogen-bond donors (Lipinski definition) is 2. The van der Waals surface area contributed by atoms with Crippen molar-refractivity contribution in [2.75, 3.05) is 0 Å². The van der Waals surface area contributed by atoms with Crippen molar-refractivity contribution < 1.29 is 17.9 Å². The van der Waals surface area contributed by atoms with Crippen molar-refractivity contribution in [1.82, 2.24) is 9.97 Å². The topological polar surface area (TPSA) is 74.9 Å². The quantitative estimate of drug-likeness (QED) is 0.438. The Bertz CT molecular complexity index is 1310. The first kappa shape index (κ1) is 21.9. The number of hydrogen-bond acceptors (Lipinski definition) is 3. The summed E-state index contributed by atoms with van der Waals surface area (Å²) >= 11 is 0. The van der Waals surface area contributed by atoms with Crippen molar-refractivity contribution in [2.24, 2.45) is 0 Å². The summed E-state index contributed by atoms with van der Waals surface area (Å²) in [5.41, 5.74) is -0.197. The van der Waals surface area contributed by atoms with Crippen LogP contribution in [0.2, 0.25) is 0 Å². The first-order valence-electron chi connectivity index (χ1n) is 9.52. The molecule has 0 atom stereocenters. The molecular formula is C23H19F3N2O3. The first-order chi connectivity index (χ1) is 14.8. The molecule has 3 aromatic carbocycles. The Morgan fingerprint density at radius 1 is 0.839 bits per heavy atom. The number of alkyl halides is 3. The third kappa shape index (κ3) is 4.85. The summed E-state index contributed by atoms with van der Waals surface area (Å²) in [5.74, 6) is 0.662. The highest BCUT2D eigenvalue weighted by Gasteiger charge is 2.30. The molecule has 1 aromatic heterocycles. The number of nitrogens with one attached hydrogen (secondary N) is 2. The molecule has 0 saturated carbocycles. The van der Waals surface area contributed by atoms with E-state index < -0.39 is 23.0 Å². The minimum Gasteiger partial charge on any atom is -0.457 e.